The second-order valence-corrected chi connectivity index (χ2v) is 5.20. The highest BCUT2D eigenvalue weighted by molar-refractivity contribution is 6.04. The van der Waals surface area contributed by atoms with Crippen LogP contribution in [0.2, 0.25) is 0 Å². The van der Waals surface area contributed by atoms with Crippen LogP contribution < -0.4 is 16.0 Å². The van der Waals surface area contributed by atoms with Crippen molar-refractivity contribution in [2.45, 2.75) is 25.4 Å². The minimum absolute atomic E-state index is 0.142. The molecule has 1 unspecified atom stereocenters. The third-order valence-electron chi connectivity index (χ3n) is 3.47. The summed E-state index contributed by atoms with van der Waals surface area (Å²) in [6.45, 7) is 0.326. The summed E-state index contributed by atoms with van der Waals surface area (Å²) in [6, 6.07) is 2.43. The molecule has 1 saturated heterocycles. The van der Waals surface area contributed by atoms with E-state index in [2.05, 4.69) is 31.0 Å². The summed E-state index contributed by atoms with van der Waals surface area (Å²) in [4.78, 5) is 42.2. The fraction of sp³-hybridized carbons (Fsp3) is 0.286. The number of pyridine rings is 1. The number of aromatic nitrogens is 4. The molecular formula is C14H15N7O3. The lowest BCUT2D eigenvalue weighted by atomic mass is 10.1. The monoisotopic (exact) mass is 329 g/mol. The van der Waals surface area contributed by atoms with E-state index in [1.165, 1.54) is 11.0 Å². The van der Waals surface area contributed by atoms with E-state index >= 15 is 0 Å². The van der Waals surface area contributed by atoms with E-state index < -0.39 is 18.0 Å². The zero-order chi connectivity index (χ0) is 16.9. The normalized spacial score (nSPS) is 16.6. The Kier molecular flexibility index (Phi) is 4.45. The lowest BCUT2D eigenvalue weighted by molar-refractivity contribution is -0.122. The number of rotatable bonds is 6. The van der Waals surface area contributed by atoms with Crippen LogP contribution in [-0.4, -0.2) is 43.6 Å². The minimum atomic E-state index is -0.646. The van der Waals surface area contributed by atoms with E-state index in [-0.39, 0.29) is 18.7 Å². The highest BCUT2D eigenvalue weighted by Gasteiger charge is 2.29. The average molecular weight is 329 g/mol. The van der Waals surface area contributed by atoms with Crippen LogP contribution in [0.4, 0.5) is 4.79 Å². The molecule has 10 nitrogen and oxygen atoms in total. The zero-order valence-electron chi connectivity index (χ0n) is 12.6. The number of carbonyl (C=O) groups excluding carboxylic acids is 3. The van der Waals surface area contributed by atoms with Gasteiger partial charge in [0, 0.05) is 19.2 Å². The van der Waals surface area contributed by atoms with Gasteiger partial charge in [0.1, 0.15) is 18.7 Å². The molecule has 1 aliphatic heterocycles. The Balaban J connectivity index is 1.44. The SMILES string of the molecule is O=C(CCC1NC(=O)NC1=O)NCc1ccc(-n2cncn2)nc1. The van der Waals surface area contributed by atoms with Crippen LogP contribution in [0.3, 0.4) is 0 Å². The van der Waals surface area contributed by atoms with Crippen molar-refractivity contribution in [3.05, 3.63) is 36.5 Å². The maximum absolute atomic E-state index is 11.8. The van der Waals surface area contributed by atoms with Gasteiger partial charge in [-0.1, -0.05) is 6.07 Å². The van der Waals surface area contributed by atoms with Gasteiger partial charge in [-0.15, -0.1) is 0 Å². The van der Waals surface area contributed by atoms with Gasteiger partial charge in [0.05, 0.1) is 0 Å². The number of imide groups is 1. The average Bonchev–Trinajstić information content (AvgIpc) is 3.21. The van der Waals surface area contributed by atoms with Crippen molar-refractivity contribution in [3.8, 4) is 5.82 Å². The summed E-state index contributed by atoms with van der Waals surface area (Å²) >= 11 is 0. The maximum atomic E-state index is 11.8. The van der Waals surface area contributed by atoms with E-state index in [1.807, 2.05) is 6.07 Å². The van der Waals surface area contributed by atoms with Gasteiger partial charge in [-0.05, 0) is 18.1 Å². The fourth-order valence-corrected chi connectivity index (χ4v) is 2.21. The lowest BCUT2D eigenvalue weighted by Crippen LogP contribution is -2.31. The predicted octanol–water partition coefficient (Wildman–Crippen LogP) is -0.733. The van der Waals surface area contributed by atoms with E-state index in [9.17, 15) is 14.4 Å². The molecule has 0 bridgehead atoms. The Hall–Kier alpha value is -3.30. The number of amides is 4. The first-order chi connectivity index (χ1) is 11.6. The first-order valence-electron chi connectivity index (χ1n) is 7.30. The van der Waals surface area contributed by atoms with Crippen molar-refractivity contribution in [3.63, 3.8) is 0 Å². The summed E-state index contributed by atoms with van der Waals surface area (Å²) in [5, 5.41) is 11.3. The molecule has 1 atom stereocenters. The Bertz CT molecular complexity index is 742. The highest BCUT2D eigenvalue weighted by atomic mass is 16.2. The zero-order valence-corrected chi connectivity index (χ0v) is 12.6. The molecule has 124 valence electrons. The summed E-state index contributed by atoms with van der Waals surface area (Å²) in [5.74, 6) is 0.0237. The molecule has 4 amide bonds. The second-order valence-electron chi connectivity index (χ2n) is 5.20. The van der Waals surface area contributed by atoms with Crippen LogP contribution in [0.15, 0.2) is 31.0 Å². The molecular weight excluding hydrogens is 314 g/mol. The van der Waals surface area contributed by atoms with Crippen LogP contribution in [0, 0.1) is 0 Å². The van der Waals surface area contributed by atoms with Crippen LogP contribution in [0.5, 0.6) is 0 Å². The molecule has 2 aromatic heterocycles. The molecule has 0 spiro atoms. The number of hydrogen-bond donors (Lipinski definition) is 3. The third-order valence-corrected chi connectivity index (χ3v) is 3.47. The smallest absolute Gasteiger partial charge is 0.322 e. The van der Waals surface area contributed by atoms with Crippen molar-refractivity contribution in [1.29, 1.82) is 0 Å². The van der Waals surface area contributed by atoms with Gasteiger partial charge in [-0.3, -0.25) is 14.9 Å². The summed E-state index contributed by atoms with van der Waals surface area (Å²) in [7, 11) is 0. The molecule has 24 heavy (non-hydrogen) atoms. The minimum Gasteiger partial charge on any atom is -0.352 e. The van der Waals surface area contributed by atoms with Gasteiger partial charge < -0.3 is 10.6 Å². The van der Waals surface area contributed by atoms with Crippen molar-refractivity contribution in [2.75, 3.05) is 0 Å². The second kappa shape index (κ2) is 6.86. The van der Waals surface area contributed by atoms with E-state index in [0.717, 1.165) is 5.56 Å². The number of nitrogens with one attached hydrogen (secondary N) is 3. The third kappa shape index (κ3) is 3.72. The van der Waals surface area contributed by atoms with Crippen molar-refractivity contribution in [2.24, 2.45) is 0 Å². The van der Waals surface area contributed by atoms with Gasteiger partial charge in [0.25, 0.3) is 5.91 Å². The molecule has 3 rings (SSSR count). The molecule has 3 N–H and O–H groups in total. The number of nitrogens with zero attached hydrogens (tertiary/aromatic N) is 4. The Morgan fingerprint density at radius 1 is 1.33 bits per heavy atom. The molecule has 1 fully saturated rings. The lowest BCUT2D eigenvalue weighted by Gasteiger charge is -2.08. The van der Waals surface area contributed by atoms with Crippen LogP contribution in [0.25, 0.3) is 5.82 Å². The number of urea groups is 1. The first-order valence-corrected chi connectivity index (χ1v) is 7.30. The Morgan fingerprint density at radius 3 is 2.83 bits per heavy atom. The first kappa shape index (κ1) is 15.6. The van der Waals surface area contributed by atoms with Crippen molar-refractivity contribution in [1.82, 2.24) is 35.7 Å². The molecule has 10 heteroatoms. The van der Waals surface area contributed by atoms with E-state index in [0.29, 0.717) is 12.4 Å². The van der Waals surface area contributed by atoms with Crippen LogP contribution >= 0.6 is 0 Å². The van der Waals surface area contributed by atoms with Gasteiger partial charge in [-0.25, -0.2) is 19.4 Å². The Labute approximate surface area is 136 Å². The largest absolute Gasteiger partial charge is 0.352 e. The van der Waals surface area contributed by atoms with Crippen LogP contribution in [-0.2, 0) is 16.1 Å². The summed E-state index contributed by atoms with van der Waals surface area (Å²) in [5.41, 5.74) is 0.833. The molecule has 2 aromatic rings. The van der Waals surface area contributed by atoms with E-state index in [4.69, 9.17) is 0 Å². The molecule has 1 aliphatic rings. The quantitative estimate of drug-likeness (QED) is 0.599. The van der Waals surface area contributed by atoms with Gasteiger partial charge in [-0.2, -0.15) is 5.10 Å². The summed E-state index contributed by atoms with van der Waals surface area (Å²) < 4.78 is 1.53. The van der Waals surface area contributed by atoms with Crippen molar-refractivity contribution < 1.29 is 14.4 Å². The summed E-state index contributed by atoms with van der Waals surface area (Å²) in [6.07, 6.45) is 5.00. The predicted molar refractivity (Wildman–Crippen MR) is 80.7 cm³/mol. The standard InChI is InChI=1S/C14H15N7O3/c22-12(4-2-10-13(23)20-14(24)19-10)17-6-9-1-3-11(16-5-9)21-8-15-7-18-21/h1,3,5,7-8,10H,2,4,6H2,(H,17,22)(H2,19,20,23,24). The fourth-order valence-electron chi connectivity index (χ4n) is 2.21. The number of hydrogen-bond acceptors (Lipinski definition) is 6. The number of carbonyl (C=O) groups is 3. The van der Waals surface area contributed by atoms with Crippen LogP contribution in [0.1, 0.15) is 18.4 Å². The molecule has 0 aromatic carbocycles. The Morgan fingerprint density at radius 2 is 2.21 bits per heavy atom. The van der Waals surface area contributed by atoms with Gasteiger partial charge in [0.2, 0.25) is 5.91 Å². The maximum Gasteiger partial charge on any atom is 0.322 e. The van der Waals surface area contributed by atoms with Gasteiger partial charge in [0.15, 0.2) is 5.82 Å². The van der Waals surface area contributed by atoms with Gasteiger partial charge >= 0.3 is 6.03 Å². The molecule has 3 heterocycles. The molecule has 0 radical (unpaired) electrons. The highest BCUT2D eigenvalue weighted by Crippen LogP contribution is 2.05. The molecule has 0 saturated carbocycles. The van der Waals surface area contributed by atoms with E-state index in [1.54, 1.807) is 18.6 Å². The topological polar surface area (TPSA) is 131 Å². The molecule has 0 aliphatic carbocycles. The van der Waals surface area contributed by atoms with Crippen molar-refractivity contribution >= 4 is 17.8 Å².